The zero-order valence-electron chi connectivity index (χ0n) is 21.3. The SMILES string of the molecule is CCOc1ccc(C=c2sc3n(c2=O)C(c2ccc(C(C)C)cc2)C(C(=O)OC)=C(C)N=3)cc1OC. The molecule has 1 aromatic heterocycles. The molecule has 4 rings (SSSR count). The fourth-order valence-corrected chi connectivity index (χ4v) is 5.32. The number of carbonyl (C=O) groups excluding carboxylic acids is 1. The molecule has 1 aliphatic heterocycles. The van der Waals surface area contributed by atoms with Crippen LogP contribution in [-0.4, -0.2) is 31.4 Å². The predicted octanol–water partition coefficient (Wildman–Crippen LogP) is 3.94. The molecule has 0 fully saturated rings. The Morgan fingerprint density at radius 3 is 2.47 bits per heavy atom. The second-order valence-electron chi connectivity index (χ2n) is 8.74. The van der Waals surface area contributed by atoms with E-state index in [2.05, 4.69) is 18.8 Å². The van der Waals surface area contributed by atoms with Crippen LogP contribution in [0.5, 0.6) is 11.5 Å². The lowest BCUT2D eigenvalue weighted by atomic mass is 9.93. The molecular formula is C28H30N2O5S. The molecule has 1 atom stereocenters. The Morgan fingerprint density at radius 1 is 1.14 bits per heavy atom. The molecule has 188 valence electrons. The number of methoxy groups -OCH3 is 2. The maximum absolute atomic E-state index is 13.7. The number of ether oxygens (including phenoxy) is 3. The first-order chi connectivity index (χ1) is 17.3. The number of carbonyl (C=O) groups is 1. The third kappa shape index (κ3) is 4.73. The summed E-state index contributed by atoms with van der Waals surface area (Å²) < 4.78 is 18.2. The first-order valence-electron chi connectivity index (χ1n) is 11.8. The zero-order chi connectivity index (χ0) is 26.0. The largest absolute Gasteiger partial charge is 0.493 e. The van der Waals surface area contributed by atoms with Gasteiger partial charge in [0.25, 0.3) is 5.56 Å². The van der Waals surface area contributed by atoms with Crippen molar-refractivity contribution in [2.45, 2.75) is 39.7 Å². The smallest absolute Gasteiger partial charge is 0.338 e. The van der Waals surface area contributed by atoms with E-state index in [0.717, 1.165) is 11.1 Å². The molecule has 7 nitrogen and oxygen atoms in total. The van der Waals surface area contributed by atoms with Gasteiger partial charge in [0, 0.05) is 0 Å². The molecule has 0 N–H and O–H groups in total. The maximum Gasteiger partial charge on any atom is 0.338 e. The van der Waals surface area contributed by atoms with Crippen LogP contribution in [-0.2, 0) is 9.53 Å². The monoisotopic (exact) mass is 506 g/mol. The van der Waals surface area contributed by atoms with Gasteiger partial charge in [0.15, 0.2) is 16.3 Å². The quantitative estimate of drug-likeness (QED) is 0.454. The predicted molar refractivity (Wildman–Crippen MR) is 140 cm³/mol. The van der Waals surface area contributed by atoms with Crippen molar-refractivity contribution in [2.24, 2.45) is 4.99 Å². The maximum atomic E-state index is 13.7. The average molecular weight is 507 g/mol. The summed E-state index contributed by atoms with van der Waals surface area (Å²) in [5, 5.41) is 0. The molecule has 36 heavy (non-hydrogen) atoms. The van der Waals surface area contributed by atoms with Crippen LogP contribution in [0.1, 0.15) is 56.3 Å². The van der Waals surface area contributed by atoms with E-state index in [1.54, 1.807) is 24.7 Å². The summed E-state index contributed by atoms with van der Waals surface area (Å²) in [6, 6.07) is 12.9. The van der Waals surface area contributed by atoms with Crippen molar-refractivity contribution in [2.75, 3.05) is 20.8 Å². The normalized spacial score (nSPS) is 15.5. The van der Waals surface area contributed by atoms with Gasteiger partial charge in [-0.3, -0.25) is 9.36 Å². The summed E-state index contributed by atoms with van der Waals surface area (Å²) in [6.07, 6.45) is 1.80. The molecular weight excluding hydrogens is 476 g/mol. The molecule has 1 unspecified atom stereocenters. The van der Waals surface area contributed by atoms with E-state index in [0.29, 0.717) is 44.6 Å². The van der Waals surface area contributed by atoms with Crippen LogP contribution < -0.4 is 24.4 Å². The van der Waals surface area contributed by atoms with Crippen molar-refractivity contribution >= 4 is 23.4 Å². The summed E-state index contributed by atoms with van der Waals surface area (Å²) in [6.45, 7) is 8.45. The number of thiazole rings is 1. The van der Waals surface area contributed by atoms with Crippen molar-refractivity contribution in [3.8, 4) is 11.5 Å². The Balaban J connectivity index is 1.89. The summed E-state index contributed by atoms with van der Waals surface area (Å²) in [5.41, 5.74) is 3.47. The Bertz CT molecular complexity index is 1500. The molecule has 2 aromatic carbocycles. The van der Waals surface area contributed by atoms with E-state index in [9.17, 15) is 9.59 Å². The van der Waals surface area contributed by atoms with Crippen molar-refractivity contribution < 1.29 is 19.0 Å². The molecule has 0 bridgehead atoms. The van der Waals surface area contributed by atoms with Crippen molar-refractivity contribution in [1.29, 1.82) is 0 Å². The van der Waals surface area contributed by atoms with E-state index in [-0.39, 0.29) is 5.56 Å². The molecule has 0 saturated heterocycles. The zero-order valence-corrected chi connectivity index (χ0v) is 22.1. The topological polar surface area (TPSA) is 79.1 Å². The molecule has 2 heterocycles. The first-order valence-corrected chi connectivity index (χ1v) is 12.6. The summed E-state index contributed by atoms with van der Waals surface area (Å²) >= 11 is 1.29. The number of fused-ring (bicyclic) bond motifs is 1. The minimum atomic E-state index is -0.632. The molecule has 0 spiro atoms. The number of esters is 1. The number of benzene rings is 2. The van der Waals surface area contributed by atoms with Gasteiger partial charge >= 0.3 is 5.97 Å². The molecule has 0 radical (unpaired) electrons. The highest BCUT2D eigenvalue weighted by Crippen LogP contribution is 2.32. The number of allylic oxidation sites excluding steroid dienone is 1. The van der Waals surface area contributed by atoms with E-state index in [4.69, 9.17) is 14.2 Å². The van der Waals surface area contributed by atoms with Crippen LogP contribution in [0.4, 0.5) is 0 Å². The van der Waals surface area contributed by atoms with Gasteiger partial charge in [-0.25, -0.2) is 9.79 Å². The first kappa shape index (κ1) is 25.4. The number of hydrogen-bond acceptors (Lipinski definition) is 7. The number of rotatable bonds is 7. The van der Waals surface area contributed by atoms with E-state index >= 15 is 0 Å². The highest BCUT2D eigenvalue weighted by Gasteiger charge is 2.33. The third-order valence-corrected chi connectivity index (χ3v) is 7.11. The molecule has 0 amide bonds. The van der Waals surface area contributed by atoms with Gasteiger partial charge in [-0.05, 0) is 54.7 Å². The molecule has 3 aromatic rings. The molecule has 0 aliphatic carbocycles. The van der Waals surface area contributed by atoms with Crippen LogP contribution in [0.2, 0.25) is 0 Å². The standard InChI is InChI=1S/C28H30N2O5S/c1-7-35-21-13-8-18(14-22(21)33-5)15-23-26(31)30-25(20-11-9-19(10-12-20)16(2)3)24(27(32)34-6)17(4)29-28(30)36-23/h8-16,25H,7H2,1-6H3. The number of hydrogen-bond donors (Lipinski definition) is 0. The van der Waals surface area contributed by atoms with Crippen LogP contribution in [0.25, 0.3) is 6.08 Å². The number of aromatic nitrogens is 1. The van der Waals surface area contributed by atoms with Gasteiger partial charge in [-0.1, -0.05) is 55.5 Å². The van der Waals surface area contributed by atoms with Crippen LogP contribution in [0.15, 0.2) is 63.5 Å². The van der Waals surface area contributed by atoms with Crippen molar-refractivity contribution in [3.63, 3.8) is 0 Å². The third-order valence-electron chi connectivity index (χ3n) is 6.13. The Labute approximate surface area is 214 Å². The van der Waals surface area contributed by atoms with Gasteiger partial charge in [-0.2, -0.15) is 0 Å². The van der Waals surface area contributed by atoms with Gasteiger partial charge in [0.05, 0.1) is 42.7 Å². The lowest BCUT2D eigenvalue weighted by molar-refractivity contribution is -0.136. The highest BCUT2D eigenvalue weighted by molar-refractivity contribution is 7.07. The minimum Gasteiger partial charge on any atom is -0.493 e. The average Bonchev–Trinajstić information content (AvgIpc) is 3.17. The van der Waals surface area contributed by atoms with Gasteiger partial charge in [0.1, 0.15) is 0 Å². The van der Waals surface area contributed by atoms with Crippen molar-refractivity contribution in [3.05, 3.63) is 90.1 Å². The lowest BCUT2D eigenvalue weighted by Crippen LogP contribution is -2.39. The minimum absolute atomic E-state index is 0.224. The summed E-state index contributed by atoms with van der Waals surface area (Å²) in [4.78, 5) is 31.7. The highest BCUT2D eigenvalue weighted by atomic mass is 32.1. The Morgan fingerprint density at radius 2 is 1.86 bits per heavy atom. The van der Waals surface area contributed by atoms with Gasteiger partial charge in [0.2, 0.25) is 0 Å². The second kappa shape index (κ2) is 10.5. The van der Waals surface area contributed by atoms with Gasteiger partial charge in [-0.15, -0.1) is 0 Å². The van der Waals surface area contributed by atoms with Crippen LogP contribution in [0, 0.1) is 0 Å². The lowest BCUT2D eigenvalue weighted by Gasteiger charge is -2.24. The van der Waals surface area contributed by atoms with Crippen molar-refractivity contribution in [1.82, 2.24) is 4.57 Å². The second-order valence-corrected chi connectivity index (χ2v) is 9.75. The Kier molecular flexibility index (Phi) is 7.45. The fourth-order valence-electron chi connectivity index (χ4n) is 4.27. The molecule has 0 saturated carbocycles. The molecule has 8 heteroatoms. The van der Waals surface area contributed by atoms with E-state index < -0.39 is 12.0 Å². The van der Waals surface area contributed by atoms with Crippen LogP contribution >= 0.6 is 11.3 Å². The molecule has 1 aliphatic rings. The summed E-state index contributed by atoms with van der Waals surface area (Å²) in [7, 11) is 2.92. The van der Waals surface area contributed by atoms with Gasteiger partial charge < -0.3 is 14.2 Å². The summed E-state index contributed by atoms with van der Waals surface area (Å²) in [5.74, 6) is 1.09. The van der Waals surface area contributed by atoms with Crippen LogP contribution in [0.3, 0.4) is 0 Å². The van der Waals surface area contributed by atoms with E-state index in [1.807, 2.05) is 49.4 Å². The fraction of sp³-hybridized carbons (Fsp3) is 0.321. The van der Waals surface area contributed by atoms with E-state index in [1.165, 1.54) is 24.0 Å². The number of nitrogens with zero attached hydrogens (tertiary/aromatic N) is 2. The Hall–Kier alpha value is -3.65.